The van der Waals surface area contributed by atoms with E-state index in [1.165, 1.54) is 21.8 Å². The molecule has 0 spiro atoms. The minimum atomic E-state index is 0.605. The first kappa shape index (κ1) is 17.3. The number of hydrogen-bond donors (Lipinski definition) is 0. The highest BCUT2D eigenvalue weighted by Crippen LogP contribution is 2.33. The molecule has 4 nitrogen and oxygen atoms in total. The summed E-state index contributed by atoms with van der Waals surface area (Å²) in [7, 11) is 0. The van der Waals surface area contributed by atoms with Gasteiger partial charge in [-0.05, 0) is 54.8 Å². The average molecular weight is 450 g/mol. The Labute approximate surface area is 157 Å². The summed E-state index contributed by atoms with van der Waals surface area (Å²) >= 11 is 7.17. The summed E-state index contributed by atoms with van der Waals surface area (Å²) in [4.78, 5) is 2.79. The average Bonchev–Trinajstić information content (AvgIpc) is 2.87. The molecule has 0 aliphatic carbocycles. The Hall–Kier alpha value is -1.49. The van der Waals surface area contributed by atoms with E-state index < -0.39 is 0 Å². The van der Waals surface area contributed by atoms with Crippen molar-refractivity contribution in [3.8, 4) is 0 Å². The summed E-state index contributed by atoms with van der Waals surface area (Å²) in [5.41, 5.74) is 10.8. The Balaban J connectivity index is 1.82. The largest absolute Gasteiger partial charge is 0.340 e. The van der Waals surface area contributed by atoms with Gasteiger partial charge in [0.05, 0.1) is 0 Å². The standard InChI is InChI=1S/C18H18Br2N4/c19-13-5-7-17-15(11-13)16-12-14(20)6-8-18(16)24(17)10-4-2-1-3-9-22-23-21/h5-8,11-12H,1-4,9-10H2. The van der Waals surface area contributed by atoms with Crippen LogP contribution >= 0.6 is 31.9 Å². The summed E-state index contributed by atoms with van der Waals surface area (Å²) in [6, 6.07) is 13.0. The summed E-state index contributed by atoms with van der Waals surface area (Å²) in [5.74, 6) is 0. The predicted octanol–water partition coefficient (Wildman–Crippen LogP) is 7.19. The quantitative estimate of drug-likeness (QED) is 0.158. The Morgan fingerprint density at radius 2 is 1.46 bits per heavy atom. The van der Waals surface area contributed by atoms with Crippen molar-refractivity contribution in [2.75, 3.05) is 6.54 Å². The van der Waals surface area contributed by atoms with E-state index in [0.717, 1.165) is 41.2 Å². The van der Waals surface area contributed by atoms with Crippen molar-refractivity contribution in [2.45, 2.75) is 32.2 Å². The molecule has 6 heteroatoms. The lowest BCUT2D eigenvalue weighted by Gasteiger charge is -2.07. The van der Waals surface area contributed by atoms with Crippen molar-refractivity contribution in [3.05, 3.63) is 55.8 Å². The van der Waals surface area contributed by atoms with Crippen LogP contribution in [-0.4, -0.2) is 11.1 Å². The van der Waals surface area contributed by atoms with Crippen LogP contribution in [0.3, 0.4) is 0 Å². The van der Waals surface area contributed by atoms with Gasteiger partial charge in [0.1, 0.15) is 0 Å². The maximum absolute atomic E-state index is 8.28. The highest BCUT2D eigenvalue weighted by molar-refractivity contribution is 9.10. The molecular weight excluding hydrogens is 432 g/mol. The van der Waals surface area contributed by atoms with Crippen molar-refractivity contribution in [1.29, 1.82) is 0 Å². The molecule has 2 aromatic carbocycles. The normalized spacial score (nSPS) is 11.1. The van der Waals surface area contributed by atoms with Crippen LogP contribution in [0.15, 0.2) is 50.5 Å². The van der Waals surface area contributed by atoms with Gasteiger partial charge in [-0.3, -0.25) is 0 Å². The fraction of sp³-hybridized carbons (Fsp3) is 0.333. The van der Waals surface area contributed by atoms with Crippen LogP contribution in [0.2, 0.25) is 0 Å². The van der Waals surface area contributed by atoms with Gasteiger partial charge in [0.2, 0.25) is 0 Å². The minimum absolute atomic E-state index is 0.605. The van der Waals surface area contributed by atoms with Gasteiger partial charge in [-0.1, -0.05) is 49.8 Å². The highest BCUT2D eigenvalue weighted by Gasteiger charge is 2.11. The molecule has 0 unspecified atom stereocenters. The number of unbranched alkanes of at least 4 members (excludes halogenated alkanes) is 3. The van der Waals surface area contributed by atoms with Crippen molar-refractivity contribution in [3.63, 3.8) is 0 Å². The van der Waals surface area contributed by atoms with Crippen LogP contribution < -0.4 is 0 Å². The molecule has 0 amide bonds. The molecule has 0 radical (unpaired) electrons. The Morgan fingerprint density at radius 3 is 2.04 bits per heavy atom. The van der Waals surface area contributed by atoms with Gasteiger partial charge in [0, 0.05) is 48.8 Å². The summed E-state index contributed by atoms with van der Waals surface area (Å²) < 4.78 is 4.62. The third-order valence-corrected chi connectivity index (χ3v) is 5.23. The van der Waals surface area contributed by atoms with Crippen molar-refractivity contribution >= 4 is 53.7 Å². The van der Waals surface area contributed by atoms with E-state index in [-0.39, 0.29) is 0 Å². The number of rotatable bonds is 7. The Bertz CT molecular complexity index is 851. The number of aryl methyl sites for hydroxylation is 1. The molecule has 1 heterocycles. The smallest absolute Gasteiger partial charge is 0.0492 e. The molecule has 0 aliphatic heterocycles. The highest BCUT2D eigenvalue weighted by atomic mass is 79.9. The summed E-state index contributed by atoms with van der Waals surface area (Å²) in [6.45, 7) is 1.61. The second-order valence-electron chi connectivity index (χ2n) is 5.84. The molecule has 0 fully saturated rings. The first-order chi connectivity index (χ1) is 11.7. The van der Waals surface area contributed by atoms with Gasteiger partial charge >= 0.3 is 0 Å². The number of halogens is 2. The lowest BCUT2D eigenvalue weighted by Crippen LogP contribution is -1.97. The minimum Gasteiger partial charge on any atom is -0.340 e. The first-order valence-electron chi connectivity index (χ1n) is 8.08. The van der Waals surface area contributed by atoms with E-state index in [1.807, 2.05) is 0 Å². The van der Waals surface area contributed by atoms with Crippen molar-refractivity contribution < 1.29 is 0 Å². The third kappa shape index (κ3) is 3.77. The second-order valence-corrected chi connectivity index (χ2v) is 7.67. The van der Waals surface area contributed by atoms with Gasteiger partial charge in [-0.2, -0.15) is 0 Å². The van der Waals surface area contributed by atoms with Gasteiger partial charge in [-0.25, -0.2) is 0 Å². The monoisotopic (exact) mass is 448 g/mol. The van der Waals surface area contributed by atoms with E-state index in [1.54, 1.807) is 0 Å². The molecule has 0 saturated heterocycles. The molecule has 0 aliphatic rings. The van der Waals surface area contributed by atoms with E-state index in [4.69, 9.17) is 5.53 Å². The van der Waals surface area contributed by atoms with E-state index >= 15 is 0 Å². The number of hydrogen-bond acceptors (Lipinski definition) is 1. The summed E-state index contributed by atoms with van der Waals surface area (Å²) in [6.07, 6.45) is 4.35. The number of benzene rings is 2. The van der Waals surface area contributed by atoms with Gasteiger partial charge in [-0.15, -0.1) is 0 Å². The lowest BCUT2D eigenvalue weighted by atomic mass is 10.2. The van der Waals surface area contributed by atoms with Crippen molar-refractivity contribution in [2.24, 2.45) is 5.11 Å². The molecular formula is C18H18Br2N4. The SMILES string of the molecule is [N-]=[N+]=NCCCCCCn1c2ccc(Br)cc2c2cc(Br)ccc21. The second kappa shape index (κ2) is 8.06. The Morgan fingerprint density at radius 1 is 0.875 bits per heavy atom. The van der Waals surface area contributed by atoms with Crippen LogP contribution in [0.4, 0.5) is 0 Å². The number of aromatic nitrogens is 1. The zero-order valence-corrected chi connectivity index (χ0v) is 16.4. The van der Waals surface area contributed by atoms with Crippen LogP contribution in [0.5, 0.6) is 0 Å². The zero-order chi connectivity index (χ0) is 16.9. The third-order valence-electron chi connectivity index (χ3n) is 4.24. The molecule has 124 valence electrons. The molecule has 0 atom stereocenters. The molecule has 3 rings (SSSR count). The number of azide groups is 1. The fourth-order valence-electron chi connectivity index (χ4n) is 3.14. The van der Waals surface area contributed by atoms with Gasteiger partial charge in [0.25, 0.3) is 0 Å². The molecule has 0 saturated carbocycles. The van der Waals surface area contributed by atoms with E-state index in [0.29, 0.717) is 6.54 Å². The molecule has 1 aromatic heterocycles. The van der Waals surface area contributed by atoms with E-state index in [2.05, 4.69) is 82.9 Å². The lowest BCUT2D eigenvalue weighted by molar-refractivity contribution is 0.592. The van der Waals surface area contributed by atoms with Crippen LogP contribution in [0, 0.1) is 0 Å². The molecule has 3 aromatic rings. The van der Waals surface area contributed by atoms with Crippen LogP contribution in [0.25, 0.3) is 32.2 Å². The summed E-state index contributed by atoms with van der Waals surface area (Å²) in [5, 5.41) is 6.15. The van der Waals surface area contributed by atoms with Crippen LogP contribution in [0.1, 0.15) is 25.7 Å². The first-order valence-corrected chi connectivity index (χ1v) is 9.67. The van der Waals surface area contributed by atoms with Gasteiger partial charge < -0.3 is 4.57 Å². The van der Waals surface area contributed by atoms with E-state index in [9.17, 15) is 0 Å². The number of fused-ring (bicyclic) bond motifs is 3. The maximum Gasteiger partial charge on any atom is 0.0492 e. The fourth-order valence-corrected chi connectivity index (χ4v) is 3.86. The van der Waals surface area contributed by atoms with Crippen LogP contribution in [-0.2, 0) is 6.54 Å². The zero-order valence-electron chi connectivity index (χ0n) is 13.3. The molecule has 0 N–H and O–H groups in total. The van der Waals surface area contributed by atoms with Crippen molar-refractivity contribution in [1.82, 2.24) is 4.57 Å². The number of nitrogens with zero attached hydrogens (tertiary/aromatic N) is 4. The molecule has 24 heavy (non-hydrogen) atoms. The maximum atomic E-state index is 8.28. The topological polar surface area (TPSA) is 53.7 Å². The molecule has 0 bridgehead atoms. The predicted molar refractivity (Wildman–Crippen MR) is 107 cm³/mol. The Kier molecular flexibility index (Phi) is 5.82. The van der Waals surface area contributed by atoms with Gasteiger partial charge in [0.15, 0.2) is 0 Å².